The van der Waals surface area contributed by atoms with Crippen LogP contribution < -0.4 is 16.0 Å². The van der Waals surface area contributed by atoms with E-state index in [0.29, 0.717) is 5.69 Å². The molecule has 1 aromatic carbocycles. The fourth-order valence-corrected chi connectivity index (χ4v) is 1.68. The number of nitro groups is 1. The number of nitrogens with one attached hydrogen (secondary N) is 3. The standard InChI is InChI=1S/C14H15F3N4O5/c1-7(18-9-3-5-10(6-4-9)21(25)26)11(22)20-12(23)8(2)19-13(24)14(15,16)17/h3-8,18H,1-2H3,(H,19,24)(H,20,22,23)/t7-,8-/m0/s1. The van der Waals surface area contributed by atoms with Crippen molar-refractivity contribution in [3.05, 3.63) is 34.4 Å². The highest BCUT2D eigenvalue weighted by atomic mass is 19.4. The maximum absolute atomic E-state index is 12.1. The summed E-state index contributed by atoms with van der Waals surface area (Å²) in [6.07, 6.45) is -5.15. The lowest BCUT2D eigenvalue weighted by molar-refractivity contribution is -0.384. The third-order valence-corrected chi connectivity index (χ3v) is 3.10. The molecule has 142 valence electrons. The smallest absolute Gasteiger partial charge is 0.374 e. The molecule has 12 heteroatoms. The minimum absolute atomic E-state index is 0.155. The molecule has 0 aliphatic heterocycles. The lowest BCUT2D eigenvalue weighted by atomic mass is 10.2. The molecule has 0 spiro atoms. The van der Waals surface area contributed by atoms with E-state index in [-0.39, 0.29) is 5.69 Å². The molecular weight excluding hydrogens is 361 g/mol. The van der Waals surface area contributed by atoms with Crippen molar-refractivity contribution < 1.29 is 32.5 Å². The Kier molecular flexibility index (Phi) is 6.64. The molecule has 9 nitrogen and oxygen atoms in total. The summed E-state index contributed by atoms with van der Waals surface area (Å²) in [5.74, 6) is -4.28. The number of rotatable bonds is 6. The van der Waals surface area contributed by atoms with Crippen molar-refractivity contribution in [1.82, 2.24) is 10.6 Å². The van der Waals surface area contributed by atoms with E-state index >= 15 is 0 Å². The van der Waals surface area contributed by atoms with Crippen LogP contribution in [0.4, 0.5) is 24.5 Å². The zero-order valence-electron chi connectivity index (χ0n) is 13.6. The quantitative estimate of drug-likeness (QED) is 0.504. The number of carbonyl (C=O) groups is 3. The highest BCUT2D eigenvalue weighted by Gasteiger charge is 2.40. The van der Waals surface area contributed by atoms with E-state index in [2.05, 4.69) is 5.32 Å². The molecule has 1 rings (SSSR count). The van der Waals surface area contributed by atoms with Crippen LogP contribution in [0.5, 0.6) is 0 Å². The molecule has 0 aliphatic rings. The van der Waals surface area contributed by atoms with Gasteiger partial charge in [0.15, 0.2) is 0 Å². The molecule has 0 saturated carbocycles. The van der Waals surface area contributed by atoms with Gasteiger partial charge in [0.1, 0.15) is 12.1 Å². The minimum Gasteiger partial charge on any atom is -0.374 e. The average molecular weight is 376 g/mol. The van der Waals surface area contributed by atoms with Crippen molar-refractivity contribution in [3.63, 3.8) is 0 Å². The normalized spacial score (nSPS) is 13.3. The first kappa shape index (κ1) is 20.9. The van der Waals surface area contributed by atoms with Crippen molar-refractivity contribution >= 4 is 29.1 Å². The van der Waals surface area contributed by atoms with Gasteiger partial charge in [0.2, 0.25) is 11.8 Å². The van der Waals surface area contributed by atoms with Gasteiger partial charge in [-0.25, -0.2) is 0 Å². The largest absolute Gasteiger partial charge is 0.471 e. The van der Waals surface area contributed by atoms with Crippen LogP contribution >= 0.6 is 0 Å². The molecule has 0 aliphatic carbocycles. The molecule has 1 aromatic rings. The monoisotopic (exact) mass is 376 g/mol. The Labute approximate surface area is 145 Å². The third kappa shape index (κ3) is 6.03. The second-order valence-corrected chi connectivity index (χ2v) is 5.22. The van der Waals surface area contributed by atoms with Crippen molar-refractivity contribution in [1.29, 1.82) is 0 Å². The summed E-state index contributed by atoms with van der Waals surface area (Å²) in [6.45, 7) is 2.35. The van der Waals surface area contributed by atoms with Gasteiger partial charge >= 0.3 is 12.1 Å². The summed E-state index contributed by atoms with van der Waals surface area (Å²) < 4.78 is 36.4. The molecular formula is C14H15F3N4O5. The van der Waals surface area contributed by atoms with Crippen LogP contribution in [0, 0.1) is 10.1 Å². The number of hydrogen-bond acceptors (Lipinski definition) is 6. The molecule has 3 N–H and O–H groups in total. The van der Waals surface area contributed by atoms with Crippen LogP contribution in [0.2, 0.25) is 0 Å². The van der Waals surface area contributed by atoms with Gasteiger partial charge in [0.05, 0.1) is 4.92 Å². The zero-order valence-corrected chi connectivity index (χ0v) is 13.6. The van der Waals surface area contributed by atoms with Gasteiger partial charge in [-0.05, 0) is 26.0 Å². The van der Waals surface area contributed by atoms with Gasteiger partial charge in [0, 0.05) is 17.8 Å². The van der Waals surface area contributed by atoms with Crippen LogP contribution in [0.25, 0.3) is 0 Å². The number of carbonyl (C=O) groups excluding carboxylic acids is 3. The molecule has 0 aromatic heterocycles. The summed E-state index contributed by atoms with van der Waals surface area (Å²) in [6, 6.07) is 2.52. The first-order valence-corrected chi connectivity index (χ1v) is 7.15. The van der Waals surface area contributed by atoms with E-state index < -0.39 is 40.9 Å². The molecule has 0 heterocycles. The van der Waals surface area contributed by atoms with Gasteiger partial charge in [-0.2, -0.15) is 13.2 Å². The van der Waals surface area contributed by atoms with E-state index in [1.807, 2.05) is 5.32 Å². The van der Waals surface area contributed by atoms with Crippen LogP contribution in [-0.2, 0) is 14.4 Å². The molecule has 0 unspecified atom stereocenters. The Morgan fingerprint density at radius 2 is 1.54 bits per heavy atom. The van der Waals surface area contributed by atoms with Crippen LogP contribution in [0.3, 0.4) is 0 Å². The topological polar surface area (TPSA) is 130 Å². The number of amides is 3. The Morgan fingerprint density at radius 1 is 1.04 bits per heavy atom. The first-order valence-electron chi connectivity index (χ1n) is 7.15. The van der Waals surface area contributed by atoms with E-state index in [4.69, 9.17) is 0 Å². The van der Waals surface area contributed by atoms with Crippen LogP contribution in [-0.4, -0.2) is 40.9 Å². The predicted octanol–water partition coefficient (Wildman–Crippen LogP) is 1.10. The Morgan fingerprint density at radius 3 is 2.00 bits per heavy atom. The van der Waals surface area contributed by atoms with Gasteiger partial charge in [-0.1, -0.05) is 0 Å². The number of alkyl halides is 3. The lowest BCUT2D eigenvalue weighted by Crippen LogP contribution is -2.52. The Balaban J connectivity index is 2.59. The Bertz CT molecular complexity index is 706. The van der Waals surface area contributed by atoms with Crippen molar-refractivity contribution in [2.24, 2.45) is 0 Å². The molecule has 0 fully saturated rings. The van der Waals surface area contributed by atoms with E-state index in [1.54, 1.807) is 0 Å². The SMILES string of the molecule is C[C@H](NC(=O)C(F)(F)F)C(=O)NC(=O)[C@H](C)Nc1ccc([N+](=O)[O-])cc1. The highest BCUT2D eigenvalue weighted by Crippen LogP contribution is 2.16. The van der Waals surface area contributed by atoms with E-state index in [0.717, 1.165) is 6.92 Å². The number of imide groups is 1. The zero-order chi connectivity index (χ0) is 20.1. The van der Waals surface area contributed by atoms with Crippen molar-refractivity contribution in [3.8, 4) is 0 Å². The molecule has 26 heavy (non-hydrogen) atoms. The van der Waals surface area contributed by atoms with Gasteiger partial charge in [-0.3, -0.25) is 29.8 Å². The first-order chi connectivity index (χ1) is 11.9. The van der Waals surface area contributed by atoms with Crippen molar-refractivity contribution in [2.75, 3.05) is 5.32 Å². The average Bonchev–Trinajstić information content (AvgIpc) is 2.54. The van der Waals surface area contributed by atoms with Crippen LogP contribution in [0.15, 0.2) is 24.3 Å². The highest BCUT2D eigenvalue weighted by molar-refractivity contribution is 6.01. The summed E-state index contributed by atoms with van der Waals surface area (Å²) in [5, 5.41) is 16.5. The summed E-state index contributed by atoms with van der Waals surface area (Å²) in [5.41, 5.74) is 0.196. The molecule has 0 saturated heterocycles. The number of hydrogen-bond donors (Lipinski definition) is 3. The summed E-state index contributed by atoms with van der Waals surface area (Å²) in [7, 11) is 0. The summed E-state index contributed by atoms with van der Waals surface area (Å²) >= 11 is 0. The number of benzene rings is 1. The van der Waals surface area contributed by atoms with Gasteiger partial charge < -0.3 is 10.6 Å². The molecule has 3 amide bonds. The van der Waals surface area contributed by atoms with Gasteiger partial charge in [-0.15, -0.1) is 0 Å². The van der Waals surface area contributed by atoms with E-state index in [1.165, 1.54) is 36.5 Å². The summed E-state index contributed by atoms with van der Waals surface area (Å²) in [4.78, 5) is 44.3. The Hall–Kier alpha value is -3.18. The third-order valence-electron chi connectivity index (χ3n) is 3.10. The lowest BCUT2D eigenvalue weighted by Gasteiger charge is -2.18. The molecule has 0 bridgehead atoms. The fraction of sp³-hybridized carbons (Fsp3) is 0.357. The number of non-ortho nitro benzene ring substituents is 1. The number of nitro benzene ring substituents is 1. The number of halogens is 3. The maximum atomic E-state index is 12.1. The van der Waals surface area contributed by atoms with Crippen molar-refractivity contribution in [2.45, 2.75) is 32.1 Å². The number of anilines is 1. The second kappa shape index (κ2) is 8.27. The van der Waals surface area contributed by atoms with E-state index in [9.17, 15) is 37.7 Å². The molecule has 2 atom stereocenters. The fourth-order valence-electron chi connectivity index (χ4n) is 1.68. The second-order valence-electron chi connectivity index (χ2n) is 5.22. The van der Waals surface area contributed by atoms with Crippen LogP contribution in [0.1, 0.15) is 13.8 Å². The minimum atomic E-state index is -5.15. The maximum Gasteiger partial charge on any atom is 0.471 e. The predicted molar refractivity (Wildman–Crippen MR) is 83.0 cm³/mol. The molecule has 0 radical (unpaired) electrons. The number of nitrogens with zero attached hydrogens (tertiary/aromatic N) is 1. The van der Waals surface area contributed by atoms with Gasteiger partial charge in [0.25, 0.3) is 5.69 Å².